The normalized spacial score (nSPS) is 19.4. The Bertz CT molecular complexity index is 553. The first-order valence-electron chi connectivity index (χ1n) is 9.32. The zero-order valence-corrected chi connectivity index (χ0v) is 20.8. The highest BCUT2D eigenvalue weighted by molar-refractivity contribution is 14.0. The number of carbonyl (C=O) groups excluding carboxylic acids is 2. The van der Waals surface area contributed by atoms with Crippen molar-refractivity contribution in [1.82, 2.24) is 20.4 Å². The largest absolute Gasteiger partial charge is 0.444 e. The standard InChI is InChI=1S/C18H35N5O5.HI/c1-18(2,3)28-17(25)23-11-13(14(12-23)27-7)21-16(19-8-9-26-6)20-10-15(24)22(4)5;/h13-14H,8-12H2,1-7H3,(H2,19,20,21);1H/t13?,14-;/m0./s1. The van der Waals surface area contributed by atoms with Gasteiger partial charge in [0.15, 0.2) is 5.96 Å². The molecule has 0 aromatic rings. The number of aliphatic imine (C=N–C) groups is 1. The molecule has 1 heterocycles. The minimum Gasteiger partial charge on any atom is -0.444 e. The summed E-state index contributed by atoms with van der Waals surface area (Å²) in [4.78, 5) is 31.6. The number of hydrogen-bond acceptors (Lipinski definition) is 6. The van der Waals surface area contributed by atoms with Crippen LogP contribution < -0.4 is 10.6 Å². The molecule has 0 spiro atoms. The minimum absolute atomic E-state index is 0. The van der Waals surface area contributed by atoms with Crippen LogP contribution in [0, 0.1) is 0 Å². The maximum Gasteiger partial charge on any atom is 0.410 e. The van der Waals surface area contributed by atoms with E-state index in [0.29, 0.717) is 32.2 Å². The molecule has 1 saturated heterocycles. The summed E-state index contributed by atoms with van der Waals surface area (Å²) in [5, 5.41) is 6.38. The average Bonchev–Trinajstić information content (AvgIpc) is 3.00. The van der Waals surface area contributed by atoms with Gasteiger partial charge in [-0.2, -0.15) is 0 Å². The number of methoxy groups -OCH3 is 2. The summed E-state index contributed by atoms with van der Waals surface area (Å²) in [6.07, 6.45) is -0.612. The second-order valence-electron chi connectivity index (χ2n) is 7.78. The Morgan fingerprint density at radius 3 is 2.38 bits per heavy atom. The number of hydrogen-bond donors (Lipinski definition) is 2. The predicted molar refractivity (Wildman–Crippen MR) is 122 cm³/mol. The smallest absolute Gasteiger partial charge is 0.410 e. The highest BCUT2D eigenvalue weighted by Crippen LogP contribution is 2.17. The molecule has 0 radical (unpaired) electrons. The van der Waals surface area contributed by atoms with Gasteiger partial charge in [0.2, 0.25) is 5.91 Å². The number of guanidine groups is 1. The summed E-state index contributed by atoms with van der Waals surface area (Å²) in [6, 6.07) is -0.194. The molecule has 170 valence electrons. The number of likely N-dealkylation sites (tertiary alicyclic amines) is 1. The number of halogens is 1. The van der Waals surface area contributed by atoms with Crippen LogP contribution in [0.4, 0.5) is 4.79 Å². The van der Waals surface area contributed by atoms with Crippen LogP contribution in [0.15, 0.2) is 4.99 Å². The van der Waals surface area contributed by atoms with Crippen molar-refractivity contribution in [1.29, 1.82) is 0 Å². The van der Waals surface area contributed by atoms with E-state index in [4.69, 9.17) is 14.2 Å². The molecule has 0 aliphatic carbocycles. The average molecular weight is 529 g/mol. The molecule has 1 unspecified atom stereocenters. The van der Waals surface area contributed by atoms with Crippen molar-refractivity contribution in [2.24, 2.45) is 4.99 Å². The number of carbonyl (C=O) groups is 2. The predicted octanol–water partition coefficient (Wildman–Crippen LogP) is 0.509. The molecule has 2 amide bonds. The van der Waals surface area contributed by atoms with Gasteiger partial charge >= 0.3 is 6.09 Å². The molecule has 0 saturated carbocycles. The summed E-state index contributed by atoms with van der Waals surface area (Å²) in [5.41, 5.74) is -0.563. The number of likely N-dealkylation sites (N-methyl/N-ethyl adjacent to an activating group) is 1. The number of rotatable bonds is 7. The van der Waals surface area contributed by atoms with Crippen LogP contribution >= 0.6 is 24.0 Å². The van der Waals surface area contributed by atoms with Crippen molar-refractivity contribution >= 4 is 41.9 Å². The highest BCUT2D eigenvalue weighted by atomic mass is 127. The Labute approximate surface area is 190 Å². The quantitative estimate of drug-likeness (QED) is 0.214. The van der Waals surface area contributed by atoms with Crippen molar-refractivity contribution in [3.63, 3.8) is 0 Å². The van der Waals surface area contributed by atoms with Gasteiger partial charge in [-0.15, -0.1) is 24.0 Å². The lowest BCUT2D eigenvalue weighted by Crippen LogP contribution is -2.50. The first kappa shape index (κ1) is 27.7. The molecule has 1 aliphatic heterocycles. The van der Waals surface area contributed by atoms with E-state index in [0.717, 1.165) is 0 Å². The first-order valence-corrected chi connectivity index (χ1v) is 9.32. The topological polar surface area (TPSA) is 105 Å². The van der Waals surface area contributed by atoms with Gasteiger partial charge in [0.25, 0.3) is 0 Å². The number of nitrogens with zero attached hydrogens (tertiary/aromatic N) is 3. The molecule has 11 heteroatoms. The molecular formula is C18H36IN5O5. The van der Waals surface area contributed by atoms with E-state index in [1.165, 1.54) is 4.90 Å². The fourth-order valence-corrected chi connectivity index (χ4v) is 2.51. The second kappa shape index (κ2) is 13.1. The number of nitrogens with one attached hydrogen (secondary N) is 2. The molecule has 0 bridgehead atoms. The zero-order valence-electron chi connectivity index (χ0n) is 18.5. The van der Waals surface area contributed by atoms with Crippen molar-refractivity contribution in [2.75, 3.05) is 61.1 Å². The van der Waals surface area contributed by atoms with Gasteiger partial charge in [-0.05, 0) is 20.8 Å². The van der Waals surface area contributed by atoms with Crippen LogP contribution in [0.1, 0.15) is 20.8 Å². The molecule has 2 atom stereocenters. The highest BCUT2D eigenvalue weighted by Gasteiger charge is 2.37. The van der Waals surface area contributed by atoms with Crippen molar-refractivity contribution in [3.8, 4) is 0 Å². The van der Waals surface area contributed by atoms with Crippen molar-refractivity contribution < 1.29 is 23.8 Å². The molecule has 29 heavy (non-hydrogen) atoms. The minimum atomic E-state index is -0.563. The van der Waals surface area contributed by atoms with Crippen molar-refractivity contribution in [3.05, 3.63) is 0 Å². The third-order valence-electron chi connectivity index (χ3n) is 4.01. The molecular weight excluding hydrogens is 493 g/mol. The van der Waals surface area contributed by atoms with E-state index in [1.807, 2.05) is 20.8 Å². The van der Waals surface area contributed by atoms with Gasteiger partial charge in [0.05, 0.1) is 25.3 Å². The maximum atomic E-state index is 12.4. The summed E-state index contributed by atoms with van der Waals surface area (Å²) in [7, 11) is 6.57. The molecule has 0 aromatic carbocycles. The van der Waals surface area contributed by atoms with E-state index < -0.39 is 5.60 Å². The number of amides is 2. The Balaban J connectivity index is 0.00000784. The molecule has 1 rings (SSSR count). The SMILES string of the molecule is COCCNC(=NCC(=O)N(C)C)NC1CN(C(=O)OC(C)(C)C)C[C@@H]1OC.I. The fraction of sp³-hybridized carbons (Fsp3) is 0.833. The van der Waals surface area contributed by atoms with Crippen LogP contribution in [0.3, 0.4) is 0 Å². The van der Waals surface area contributed by atoms with Crippen LogP contribution in [0.2, 0.25) is 0 Å². The first-order chi connectivity index (χ1) is 13.1. The van der Waals surface area contributed by atoms with E-state index in [2.05, 4.69) is 15.6 Å². The summed E-state index contributed by atoms with van der Waals surface area (Å²) >= 11 is 0. The van der Waals surface area contributed by atoms with Crippen molar-refractivity contribution in [2.45, 2.75) is 38.5 Å². The number of ether oxygens (including phenoxy) is 3. The molecule has 1 aliphatic rings. The molecule has 2 N–H and O–H groups in total. The van der Waals surface area contributed by atoms with Crippen LogP contribution in [-0.2, 0) is 19.0 Å². The van der Waals surface area contributed by atoms with Gasteiger partial charge in [0, 0.05) is 41.4 Å². The Morgan fingerprint density at radius 1 is 1.21 bits per heavy atom. The molecule has 1 fully saturated rings. The van der Waals surface area contributed by atoms with E-state index in [1.54, 1.807) is 33.2 Å². The van der Waals surface area contributed by atoms with E-state index >= 15 is 0 Å². The Morgan fingerprint density at radius 2 is 1.86 bits per heavy atom. The summed E-state index contributed by atoms with van der Waals surface area (Å²) in [6.45, 7) is 7.33. The Hall–Kier alpha value is -1.34. The summed E-state index contributed by atoms with van der Waals surface area (Å²) in [5.74, 6) is 0.350. The zero-order chi connectivity index (χ0) is 21.3. The third kappa shape index (κ3) is 10.3. The lowest BCUT2D eigenvalue weighted by molar-refractivity contribution is -0.127. The van der Waals surface area contributed by atoms with Gasteiger partial charge < -0.3 is 34.6 Å². The van der Waals surface area contributed by atoms with E-state index in [9.17, 15) is 9.59 Å². The maximum absolute atomic E-state index is 12.4. The van der Waals surface area contributed by atoms with Gasteiger partial charge in [0.1, 0.15) is 12.1 Å². The van der Waals surface area contributed by atoms with Gasteiger partial charge in [-0.3, -0.25) is 4.79 Å². The Kier molecular flexibility index (Phi) is 12.5. The van der Waals surface area contributed by atoms with Gasteiger partial charge in [-0.25, -0.2) is 9.79 Å². The monoisotopic (exact) mass is 529 g/mol. The fourth-order valence-electron chi connectivity index (χ4n) is 2.51. The van der Waals surface area contributed by atoms with Crippen LogP contribution in [-0.4, -0.2) is 107 Å². The molecule has 0 aromatic heterocycles. The lowest BCUT2D eigenvalue weighted by atomic mass is 10.2. The van der Waals surface area contributed by atoms with Gasteiger partial charge in [-0.1, -0.05) is 0 Å². The third-order valence-corrected chi connectivity index (χ3v) is 4.01. The van der Waals surface area contributed by atoms with Crippen LogP contribution in [0.25, 0.3) is 0 Å². The molecule has 10 nitrogen and oxygen atoms in total. The van der Waals surface area contributed by atoms with Crippen LogP contribution in [0.5, 0.6) is 0 Å². The summed E-state index contributed by atoms with van der Waals surface area (Å²) < 4.78 is 16.0. The lowest BCUT2D eigenvalue weighted by Gasteiger charge is -2.24. The van der Waals surface area contributed by atoms with E-state index in [-0.39, 0.29) is 54.7 Å². The second-order valence-corrected chi connectivity index (χ2v) is 7.78.